The van der Waals surface area contributed by atoms with Gasteiger partial charge in [-0.15, -0.1) is 0 Å². The molecule has 1 amide bonds. The van der Waals surface area contributed by atoms with Gasteiger partial charge in [-0.3, -0.25) is 9.52 Å². The molecule has 0 fully saturated rings. The summed E-state index contributed by atoms with van der Waals surface area (Å²) in [6.45, 7) is 5.73. The zero-order valence-electron chi connectivity index (χ0n) is 16.9. The van der Waals surface area contributed by atoms with Gasteiger partial charge in [-0.2, -0.15) is 5.10 Å². The van der Waals surface area contributed by atoms with E-state index in [2.05, 4.69) is 15.1 Å². The highest BCUT2D eigenvalue weighted by Gasteiger charge is 2.20. The zero-order valence-corrected chi connectivity index (χ0v) is 17.7. The van der Waals surface area contributed by atoms with Crippen molar-refractivity contribution in [2.24, 2.45) is 0 Å². The van der Waals surface area contributed by atoms with Gasteiger partial charge < -0.3 is 5.32 Å². The summed E-state index contributed by atoms with van der Waals surface area (Å²) in [5.74, 6) is -0.369. The molecule has 0 saturated heterocycles. The van der Waals surface area contributed by atoms with Gasteiger partial charge in [-0.1, -0.05) is 13.0 Å². The SMILES string of the molecule is CCC(C)n1nccc1NC(=O)c1cc(S(=O)(=O)Nc2ccc(F)cc2)ccc1C. The first-order valence-corrected chi connectivity index (χ1v) is 10.9. The fourth-order valence-electron chi connectivity index (χ4n) is 2.87. The van der Waals surface area contributed by atoms with Crippen LogP contribution in [0.1, 0.15) is 42.2 Å². The highest BCUT2D eigenvalue weighted by molar-refractivity contribution is 7.92. The quantitative estimate of drug-likeness (QED) is 0.583. The molecule has 7 nitrogen and oxygen atoms in total. The highest BCUT2D eigenvalue weighted by Crippen LogP contribution is 2.22. The number of carbonyl (C=O) groups is 1. The molecule has 1 atom stereocenters. The Balaban J connectivity index is 1.87. The topological polar surface area (TPSA) is 93.1 Å². The monoisotopic (exact) mass is 430 g/mol. The Morgan fingerprint density at radius 3 is 2.53 bits per heavy atom. The van der Waals surface area contributed by atoms with Crippen molar-refractivity contribution < 1.29 is 17.6 Å². The Morgan fingerprint density at radius 2 is 1.87 bits per heavy atom. The van der Waals surface area contributed by atoms with Crippen LogP contribution in [0.25, 0.3) is 0 Å². The van der Waals surface area contributed by atoms with E-state index in [-0.39, 0.29) is 22.2 Å². The minimum Gasteiger partial charge on any atom is -0.307 e. The Kier molecular flexibility index (Phi) is 6.21. The first-order chi connectivity index (χ1) is 14.2. The van der Waals surface area contributed by atoms with E-state index in [1.165, 1.54) is 24.3 Å². The smallest absolute Gasteiger partial charge is 0.261 e. The van der Waals surface area contributed by atoms with Crippen LogP contribution in [0.2, 0.25) is 0 Å². The lowest BCUT2D eigenvalue weighted by molar-refractivity contribution is 0.102. The van der Waals surface area contributed by atoms with Gasteiger partial charge in [-0.05, 0) is 62.2 Å². The summed E-state index contributed by atoms with van der Waals surface area (Å²) in [6, 6.07) is 11.1. The van der Waals surface area contributed by atoms with E-state index in [1.54, 1.807) is 29.9 Å². The van der Waals surface area contributed by atoms with Crippen molar-refractivity contribution in [2.75, 3.05) is 10.0 Å². The normalized spacial score (nSPS) is 12.4. The van der Waals surface area contributed by atoms with Crippen LogP contribution in [0.5, 0.6) is 0 Å². The summed E-state index contributed by atoms with van der Waals surface area (Å²) >= 11 is 0. The predicted molar refractivity (Wildman–Crippen MR) is 114 cm³/mol. The third-order valence-electron chi connectivity index (χ3n) is 4.78. The molecule has 0 radical (unpaired) electrons. The summed E-state index contributed by atoms with van der Waals surface area (Å²) in [5.41, 5.74) is 1.08. The van der Waals surface area contributed by atoms with Crippen LogP contribution in [0.15, 0.2) is 59.6 Å². The van der Waals surface area contributed by atoms with Crippen molar-refractivity contribution in [1.82, 2.24) is 9.78 Å². The third kappa shape index (κ3) is 4.68. The fraction of sp³-hybridized carbons (Fsp3) is 0.238. The molecule has 2 N–H and O–H groups in total. The van der Waals surface area contributed by atoms with E-state index in [9.17, 15) is 17.6 Å². The number of nitrogens with zero attached hydrogens (tertiary/aromatic N) is 2. The van der Waals surface area contributed by atoms with Gasteiger partial charge >= 0.3 is 0 Å². The molecular weight excluding hydrogens is 407 g/mol. The van der Waals surface area contributed by atoms with Crippen LogP contribution in [0.3, 0.4) is 0 Å². The maximum Gasteiger partial charge on any atom is 0.261 e. The molecule has 0 spiro atoms. The minimum atomic E-state index is -3.96. The van der Waals surface area contributed by atoms with Gasteiger partial charge in [0.2, 0.25) is 0 Å². The van der Waals surface area contributed by atoms with E-state index in [4.69, 9.17) is 0 Å². The maximum absolute atomic E-state index is 13.1. The number of aryl methyl sites for hydroxylation is 1. The van der Waals surface area contributed by atoms with Crippen LogP contribution in [-0.4, -0.2) is 24.1 Å². The zero-order chi connectivity index (χ0) is 21.9. The second kappa shape index (κ2) is 8.66. The molecule has 2 aromatic carbocycles. The summed E-state index contributed by atoms with van der Waals surface area (Å²) in [7, 11) is -3.96. The molecule has 1 unspecified atom stereocenters. The van der Waals surface area contributed by atoms with Gasteiger partial charge in [0.15, 0.2) is 0 Å². The molecule has 158 valence electrons. The van der Waals surface area contributed by atoms with E-state index < -0.39 is 21.7 Å². The first-order valence-electron chi connectivity index (χ1n) is 9.45. The van der Waals surface area contributed by atoms with E-state index in [1.807, 2.05) is 13.8 Å². The lowest BCUT2D eigenvalue weighted by Crippen LogP contribution is -2.19. The van der Waals surface area contributed by atoms with Crippen molar-refractivity contribution in [3.8, 4) is 0 Å². The second-order valence-electron chi connectivity index (χ2n) is 6.96. The Labute approximate surface area is 175 Å². The maximum atomic E-state index is 13.1. The molecule has 0 aliphatic carbocycles. The Bertz CT molecular complexity index is 1160. The number of hydrogen-bond acceptors (Lipinski definition) is 4. The number of hydrogen-bond donors (Lipinski definition) is 2. The van der Waals surface area contributed by atoms with Crippen molar-refractivity contribution in [2.45, 2.75) is 38.1 Å². The van der Waals surface area contributed by atoms with Crippen LogP contribution in [0, 0.1) is 12.7 Å². The van der Waals surface area contributed by atoms with Gasteiger partial charge in [0.05, 0.1) is 17.1 Å². The number of benzene rings is 2. The average molecular weight is 431 g/mol. The largest absolute Gasteiger partial charge is 0.307 e. The molecule has 0 aliphatic rings. The molecule has 0 bridgehead atoms. The van der Waals surface area contributed by atoms with Crippen molar-refractivity contribution in [3.63, 3.8) is 0 Å². The van der Waals surface area contributed by atoms with Crippen molar-refractivity contribution in [1.29, 1.82) is 0 Å². The molecule has 3 rings (SSSR count). The lowest BCUT2D eigenvalue weighted by Gasteiger charge is -2.15. The molecule has 3 aromatic rings. The molecule has 1 heterocycles. The van der Waals surface area contributed by atoms with E-state index >= 15 is 0 Å². The highest BCUT2D eigenvalue weighted by atomic mass is 32.2. The third-order valence-corrected chi connectivity index (χ3v) is 6.16. The Morgan fingerprint density at radius 1 is 1.17 bits per heavy atom. The number of amides is 1. The van der Waals surface area contributed by atoms with Gasteiger partial charge in [0.1, 0.15) is 11.6 Å². The summed E-state index contributed by atoms with van der Waals surface area (Å²) < 4.78 is 42.6. The fourth-order valence-corrected chi connectivity index (χ4v) is 3.95. The van der Waals surface area contributed by atoms with Crippen LogP contribution >= 0.6 is 0 Å². The molecule has 1 aromatic heterocycles. The second-order valence-corrected chi connectivity index (χ2v) is 8.64. The molecule has 0 aliphatic heterocycles. The van der Waals surface area contributed by atoms with Crippen LogP contribution < -0.4 is 10.0 Å². The molecule has 30 heavy (non-hydrogen) atoms. The van der Waals surface area contributed by atoms with Crippen LogP contribution in [-0.2, 0) is 10.0 Å². The predicted octanol–water partition coefficient (Wildman–Crippen LogP) is 4.35. The summed E-state index contributed by atoms with van der Waals surface area (Å²) in [5, 5.41) is 7.04. The molecular formula is C21H23FN4O3S. The number of rotatable bonds is 7. The van der Waals surface area contributed by atoms with Gasteiger partial charge in [0, 0.05) is 17.3 Å². The number of aromatic nitrogens is 2. The molecule has 9 heteroatoms. The number of sulfonamides is 1. The number of anilines is 2. The molecule has 0 saturated carbocycles. The van der Waals surface area contributed by atoms with Gasteiger partial charge in [-0.25, -0.2) is 17.5 Å². The van der Waals surface area contributed by atoms with Crippen LogP contribution in [0.4, 0.5) is 15.9 Å². The van der Waals surface area contributed by atoms with Gasteiger partial charge in [0.25, 0.3) is 15.9 Å². The van der Waals surface area contributed by atoms with E-state index in [0.717, 1.165) is 18.6 Å². The number of nitrogens with one attached hydrogen (secondary N) is 2. The number of halogens is 1. The minimum absolute atomic E-state index is 0.0713. The Hall–Kier alpha value is -3.20. The number of carbonyl (C=O) groups excluding carboxylic acids is 1. The summed E-state index contributed by atoms with van der Waals surface area (Å²) in [6.07, 6.45) is 2.44. The first kappa shape index (κ1) is 21.5. The lowest BCUT2D eigenvalue weighted by atomic mass is 10.1. The summed E-state index contributed by atoms with van der Waals surface area (Å²) in [4.78, 5) is 12.8. The average Bonchev–Trinajstić information content (AvgIpc) is 3.17. The van der Waals surface area contributed by atoms with Crippen molar-refractivity contribution in [3.05, 3.63) is 71.7 Å². The van der Waals surface area contributed by atoms with E-state index in [0.29, 0.717) is 11.4 Å². The van der Waals surface area contributed by atoms with Crippen molar-refractivity contribution >= 4 is 27.4 Å². The standard InChI is InChI=1S/C21H23FN4O3S/c1-4-15(3)26-20(11-12-23-26)24-21(27)19-13-18(10-5-14(19)2)30(28,29)25-17-8-6-16(22)7-9-17/h5-13,15,25H,4H2,1-3H3,(H,24,27).